The number of nitriles is 1. The van der Waals surface area contributed by atoms with Crippen LogP contribution in [0.1, 0.15) is 19.8 Å². The van der Waals surface area contributed by atoms with Crippen molar-refractivity contribution in [1.82, 2.24) is 0 Å². The quantitative estimate of drug-likeness (QED) is 0.571. The summed E-state index contributed by atoms with van der Waals surface area (Å²) in [5.74, 6) is -0.246. The number of hydrogen-bond donors (Lipinski definition) is 0. The number of ether oxygens (including phenoxy) is 1. The molecule has 0 fully saturated rings. The van der Waals surface area contributed by atoms with E-state index < -0.39 is 4.51 Å². The van der Waals surface area contributed by atoms with Crippen LogP contribution >= 0.6 is 15.9 Å². The minimum atomic E-state index is -0.619. The van der Waals surface area contributed by atoms with Crippen molar-refractivity contribution in [3.63, 3.8) is 0 Å². The van der Waals surface area contributed by atoms with Crippen molar-refractivity contribution in [1.29, 1.82) is 5.26 Å². The Morgan fingerprint density at radius 3 is 3.00 bits per heavy atom. The van der Waals surface area contributed by atoms with Crippen LogP contribution in [-0.2, 0) is 4.74 Å². The Morgan fingerprint density at radius 2 is 2.36 bits per heavy atom. The van der Waals surface area contributed by atoms with Crippen molar-refractivity contribution in [2.45, 2.75) is 24.3 Å². The van der Waals surface area contributed by atoms with Crippen LogP contribution in [0, 0.1) is 17.2 Å². The van der Waals surface area contributed by atoms with E-state index in [4.69, 9.17) is 10.00 Å². The van der Waals surface area contributed by atoms with E-state index in [0.29, 0.717) is 6.61 Å². The van der Waals surface area contributed by atoms with Crippen LogP contribution in [-0.4, -0.2) is 11.1 Å². The Kier molecular flexibility index (Phi) is 4.37. The molecule has 14 heavy (non-hydrogen) atoms. The molecule has 1 aliphatic carbocycles. The second-order valence-corrected chi connectivity index (χ2v) is 4.49. The summed E-state index contributed by atoms with van der Waals surface area (Å²) in [5, 5.41) is 8.94. The fourth-order valence-corrected chi connectivity index (χ4v) is 1.81. The zero-order valence-corrected chi connectivity index (χ0v) is 9.83. The minimum Gasteiger partial charge on any atom is -0.358 e. The van der Waals surface area contributed by atoms with Gasteiger partial charge in [-0.3, -0.25) is 0 Å². The van der Waals surface area contributed by atoms with Gasteiger partial charge in [0.25, 0.3) is 0 Å². The second kappa shape index (κ2) is 5.33. The zero-order chi connectivity index (χ0) is 10.4. The van der Waals surface area contributed by atoms with E-state index in [-0.39, 0.29) is 5.92 Å². The van der Waals surface area contributed by atoms with Gasteiger partial charge in [-0.15, -0.1) is 0 Å². The SMILES string of the molecule is CCCCOC1(Br)C=CC=CC1C#N. The molecule has 2 nitrogen and oxygen atoms in total. The van der Waals surface area contributed by atoms with Crippen molar-refractivity contribution in [2.75, 3.05) is 6.61 Å². The Hall–Kier alpha value is -0.590. The third-order valence-corrected chi connectivity index (χ3v) is 3.11. The molecule has 0 spiro atoms. The van der Waals surface area contributed by atoms with Gasteiger partial charge in [0.1, 0.15) is 5.92 Å². The van der Waals surface area contributed by atoms with Crippen molar-refractivity contribution >= 4 is 15.9 Å². The molecular weight excluding hydrogens is 242 g/mol. The smallest absolute Gasteiger partial charge is 0.160 e. The molecule has 76 valence electrons. The van der Waals surface area contributed by atoms with Crippen LogP contribution in [0.25, 0.3) is 0 Å². The van der Waals surface area contributed by atoms with Crippen LogP contribution in [0.4, 0.5) is 0 Å². The highest BCUT2D eigenvalue weighted by atomic mass is 79.9. The number of nitrogens with zero attached hydrogens (tertiary/aromatic N) is 1. The van der Waals surface area contributed by atoms with Crippen molar-refractivity contribution in [2.24, 2.45) is 5.92 Å². The Balaban J connectivity index is 2.58. The van der Waals surface area contributed by atoms with Crippen LogP contribution in [0.3, 0.4) is 0 Å². The number of unbranched alkanes of at least 4 members (excludes halogenated alkanes) is 1. The molecule has 2 unspecified atom stereocenters. The monoisotopic (exact) mass is 255 g/mol. The lowest BCUT2D eigenvalue weighted by Crippen LogP contribution is -2.32. The molecule has 0 heterocycles. The van der Waals surface area contributed by atoms with Crippen LogP contribution < -0.4 is 0 Å². The lowest BCUT2D eigenvalue weighted by molar-refractivity contribution is 0.0473. The first-order valence-corrected chi connectivity index (χ1v) is 5.60. The van der Waals surface area contributed by atoms with Gasteiger partial charge >= 0.3 is 0 Å². The molecule has 2 atom stereocenters. The minimum absolute atomic E-state index is 0.246. The summed E-state index contributed by atoms with van der Waals surface area (Å²) in [6.45, 7) is 2.79. The van der Waals surface area contributed by atoms with Gasteiger partial charge in [0.2, 0.25) is 0 Å². The molecule has 0 aliphatic heterocycles. The zero-order valence-electron chi connectivity index (χ0n) is 8.24. The maximum Gasteiger partial charge on any atom is 0.160 e. The van der Waals surface area contributed by atoms with Crippen molar-refractivity contribution in [3.8, 4) is 6.07 Å². The highest BCUT2D eigenvalue weighted by molar-refractivity contribution is 9.10. The normalized spacial score (nSPS) is 30.2. The van der Waals surface area contributed by atoms with E-state index in [1.54, 1.807) is 0 Å². The van der Waals surface area contributed by atoms with Crippen molar-refractivity contribution < 1.29 is 4.74 Å². The highest BCUT2D eigenvalue weighted by Crippen LogP contribution is 2.34. The number of halogens is 1. The summed E-state index contributed by atoms with van der Waals surface area (Å²) < 4.78 is 5.05. The summed E-state index contributed by atoms with van der Waals surface area (Å²) in [6, 6.07) is 2.21. The van der Waals surface area contributed by atoms with Gasteiger partial charge in [-0.1, -0.05) is 31.6 Å². The van der Waals surface area contributed by atoms with Crippen molar-refractivity contribution in [3.05, 3.63) is 24.3 Å². The van der Waals surface area contributed by atoms with Gasteiger partial charge in [0.05, 0.1) is 6.07 Å². The van der Waals surface area contributed by atoms with Gasteiger partial charge in [-0.05, 0) is 28.4 Å². The van der Waals surface area contributed by atoms with Crippen LogP contribution in [0.15, 0.2) is 24.3 Å². The lowest BCUT2D eigenvalue weighted by Gasteiger charge is -2.29. The number of rotatable bonds is 4. The van der Waals surface area contributed by atoms with E-state index in [9.17, 15) is 0 Å². The maximum atomic E-state index is 8.94. The fraction of sp³-hybridized carbons (Fsp3) is 0.545. The summed E-state index contributed by atoms with van der Waals surface area (Å²) in [6.07, 6.45) is 9.62. The van der Waals surface area contributed by atoms with Gasteiger partial charge in [-0.2, -0.15) is 5.26 Å². The van der Waals surface area contributed by atoms with E-state index in [0.717, 1.165) is 12.8 Å². The molecule has 0 saturated heterocycles. The van der Waals surface area contributed by atoms with E-state index >= 15 is 0 Å². The largest absolute Gasteiger partial charge is 0.358 e. The average molecular weight is 256 g/mol. The standard InChI is InChI=1S/C11H14BrNO/c1-2-3-8-14-11(12)7-5-4-6-10(11)9-13/h4-7,10H,2-3,8H2,1H3. The molecule has 0 aromatic rings. The van der Waals surface area contributed by atoms with Gasteiger partial charge in [-0.25, -0.2) is 0 Å². The van der Waals surface area contributed by atoms with Gasteiger partial charge in [0, 0.05) is 6.61 Å². The molecule has 0 amide bonds. The average Bonchev–Trinajstić information content (AvgIpc) is 2.19. The summed E-state index contributed by atoms with van der Waals surface area (Å²) in [7, 11) is 0. The van der Waals surface area contributed by atoms with E-state index in [2.05, 4.69) is 28.9 Å². The predicted molar refractivity (Wildman–Crippen MR) is 59.9 cm³/mol. The first-order valence-electron chi connectivity index (χ1n) is 4.81. The second-order valence-electron chi connectivity index (χ2n) is 3.25. The summed E-state index contributed by atoms with van der Waals surface area (Å²) in [4.78, 5) is 0. The molecule has 0 radical (unpaired) electrons. The summed E-state index contributed by atoms with van der Waals surface area (Å²) in [5.41, 5.74) is 0. The highest BCUT2D eigenvalue weighted by Gasteiger charge is 2.34. The molecule has 1 aliphatic rings. The molecule has 3 heteroatoms. The van der Waals surface area contributed by atoms with Gasteiger partial charge in [0.15, 0.2) is 4.51 Å². The Morgan fingerprint density at radius 1 is 1.57 bits per heavy atom. The Bertz CT molecular complexity index is 280. The van der Waals surface area contributed by atoms with Crippen LogP contribution in [0.5, 0.6) is 0 Å². The molecule has 0 N–H and O–H groups in total. The topological polar surface area (TPSA) is 33.0 Å². The molecule has 0 saturated carbocycles. The lowest BCUT2D eigenvalue weighted by atomic mass is 9.99. The molecule has 0 aromatic carbocycles. The predicted octanol–water partition coefficient (Wildman–Crippen LogP) is 3.16. The molecule has 1 rings (SSSR count). The first-order chi connectivity index (χ1) is 6.73. The maximum absolute atomic E-state index is 8.94. The number of hydrogen-bond acceptors (Lipinski definition) is 2. The molecular formula is C11H14BrNO. The first kappa shape index (κ1) is 11.5. The third-order valence-electron chi connectivity index (χ3n) is 2.12. The fourth-order valence-electron chi connectivity index (χ4n) is 1.24. The van der Waals surface area contributed by atoms with E-state index in [1.165, 1.54) is 0 Å². The van der Waals surface area contributed by atoms with E-state index in [1.807, 2.05) is 24.3 Å². The van der Waals surface area contributed by atoms with Gasteiger partial charge < -0.3 is 4.74 Å². The summed E-state index contributed by atoms with van der Waals surface area (Å²) >= 11 is 3.47. The van der Waals surface area contributed by atoms with Crippen LogP contribution in [0.2, 0.25) is 0 Å². The molecule has 0 bridgehead atoms. The Labute approximate surface area is 93.4 Å². The number of allylic oxidation sites excluding steroid dienone is 2. The molecule has 0 aromatic heterocycles. The number of alkyl halides is 1. The third kappa shape index (κ3) is 2.70.